The van der Waals surface area contributed by atoms with Crippen molar-refractivity contribution < 1.29 is 19.4 Å². The first-order valence-electron chi connectivity index (χ1n) is 11.9. The van der Waals surface area contributed by atoms with Crippen LogP contribution < -0.4 is 4.74 Å². The fraction of sp³-hybridized carbons (Fsp3) is 0.300. The van der Waals surface area contributed by atoms with Crippen molar-refractivity contribution in [3.05, 3.63) is 90.0 Å². The number of aliphatic hydroxyl groups excluding tert-OH is 1. The molecule has 0 aromatic heterocycles. The molecule has 0 radical (unpaired) electrons. The molecule has 0 atom stereocenters. The van der Waals surface area contributed by atoms with Crippen molar-refractivity contribution in [2.24, 2.45) is 0 Å². The molecule has 0 spiro atoms. The summed E-state index contributed by atoms with van der Waals surface area (Å²) in [7, 11) is 0. The van der Waals surface area contributed by atoms with Crippen molar-refractivity contribution in [3.8, 4) is 28.0 Å². The van der Waals surface area contributed by atoms with Gasteiger partial charge in [0.05, 0.1) is 6.61 Å². The predicted octanol–water partition coefficient (Wildman–Crippen LogP) is 6.74. The summed E-state index contributed by atoms with van der Waals surface area (Å²) >= 11 is 0. The van der Waals surface area contributed by atoms with Crippen LogP contribution >= 0.6 is 0 Å². The molecule has 4 heteroatoms. The van der Waals surface area contributed by atoms with E-state index in [0.29, 0.717) is 11.3 Å². The second-order valence-corrected chi connectivity index (χ2v) is 8.48. The molecule has 4 nitrogen and oxygen atoms in total. The van der Waals surface area contributed by atoms with Gasteiger partial charge in [-0.05, 0) is 71.3 Å². The molecular weight excluding hydrogens is 424 g/mol. The van der Waals surface area contributed by atoms with E-state index >= 15 is 0 Å². The SMILES string of the molecule is C=C(C)C(=O)OCc1cc(-c2ccc(CCCCC)cc2)ccc1-c1ccc(OCCO)cc1. The van der Waals surface area contributed by atoms with Crippen molar-refractivity contribution in [1.82, 2.24) is 0 Å². The van der Waals surface area contributed by atoms with E-state index in [9.17, 15) is 4.79 Å². The molecule has 34 heavy (non-hydrogen) atoms. The Morgan fingerprint density at radius 3 is 2.24 bits per heavy atom. The van der Waals surface area contributed by atoms with Crippen LogP contribution in [0.2, 0.25) is 0 Å². The molecule has 0 fully saturated rings. The zero-order valence-corrected chi connectivity index (χ0v) is 20.2. The lowest BCUT2D eigenvalue weighted by atomic mass is 9.94. The normalized spacial score (nSPS) is 10.7. The summed E-state index contributed by atoms with van der Waals surface area (Å²) < 4.78 is 11.0. The van der Waals surface area contributed by atoms with Gasteiger partial charge in [-0.2, -0.15) is 0 Å². The molecule has 0 bridgehead atoms. The summed E-state index contributed by atoms with van der Waals surface area (Å²) in [6.07, 6.45) is 4.80. The summed E-state index contributed by atoms with van der Waals surface area (Å²) in [5, 5.41) is 8.95. The van der Waals surface area contributed by atoms with Gasteiger partial charge in [-0.3, -0.25) is 0 Å². The molecule has 3 rings (SSSR count). The Kier molecular flexibility index (Phi) is 9.48. The molecule has 1 N–H and O–H groups in total. The summed E-state index contributed by atoms with van der Waals surface area (Å²) in [6, 6.07) is 22.7. The van der Waals surface area contributed by atoms with E-state index in [-0.39, 0.29) is 19.8 Å². The number of rotatable bonds is 12. The fourth-order valence-electron chi connectivity index (χ4n) is 3.78. The average molecular weight is 459 g/mol. The van der Waals surface area contributed by atoms with Crippen molar-refractivity contribution >= 4 is 5.97 Å². The highest BCUT2D eigenvalue weighted by Crippen LogP contribution is 2.31. The number of aliphatic hydroxyl groups is 1. The molecule has 0 saturated heterocycles. The Morgan fingerprint density at radius 2 is 1.59 bits per heavy atom. The highest BCUT2D eigenvalue weighted by Gasteiger charge is 2.12. The highest BCUT2D eigenvalue weighted by atomic mass is 16.5. The number of benzene rings is 3. The number of carbonyl (C=O) groups excluding carboxylic acids is 1. The number of hydrogen-bond donors (Lipinski definition) is 1. The third-order valence-electron chi connectivity index (χ3n) is 5.69. The Morgan fingerprint density at radius 1 is 0.912 bits per heavy atom. The molecule has 0 aliphatic rings. The van der Waals surface area contributed by atoms with Crippen LogP contribution in [-0.4, -0.2) is 24.3 Å². The Labute approximate surface area is 202 Å². The second-order valence-electron chi connectivity index (χ2n) is 8.48. The van der Waals surface area contributed by atoms with E-state index in [1.807, 2.05) is 24.3 Å². The van der Waals surface area contributed by atoms with Gasteiger partial charge in [0.2, 0.25) is 0 Å². The molecule has 0 heterocycles. The average Bonchev–Trinajstić information content (AvgIpc) is 2.86. The number of hydrogen-bond acceptors (Lipinski definition) is 4. The first-order valence-corrected chi connectivity index (χ1v) is 11.9. The monoisotopic (exact) mass is 458 g/mol. The zero-order valence-electron chi connectivity index (χ0n) is 20.2. The standard InChI is InChI=1S/C30H34O4/c1-4-5-6-7-23-8-10-24(11-9-23)26-14-17-29(27(20-26)21-34-30(32)22(2)3)25-12-15-28(16-13-25)33-19-18-31/h8-17,20,31H,2,4-7,18-19,21H2,1,3H3. The molecule has 3 aromatic rings. The minimum absolute atomic E-state index is 0.0266. The fourth-order valence-corrected chi connectivity index (χ4v) is 3.78. The lowest BCUT2D eigenvalue weighted by molar-refractivity contribution is -0.140. The number of ether oxygens (including phenoxy) is 2. The Hall–Kier alpha value is -3.37. The Balaban J connectivity index is 1.87. The first kappa shape index (κ1) is 25.3. The molecule has 0 aliphatic heterocycles. The molecule has 0 amide bonds. The third kappa shape index (κ3) is 7.06. The molecule has 3 aromatic carbocycles. The first-order chi connectivity index (χ1) is 16.5. The molecule has 0 saturated carbocycles. The van der Waals surface area contributed by atoms with E-state index in [1.54, 1.807) is 6.92 Å². The maximum absolute atomic E-state index is 12.1. The van der Waals surface area contributed by atoms with E-state index < -0.39 is 5.97 Å². The van der Waals surface area contributed by atoms with Crippen LogP contribution in [0.1, 0.15) is 44.2 Å². The predicted molar refractivity (Wildman–Crippen MR) is 138 cm³/mol. The van der Waals surface area contributed by atoms with E-state index in [2.05, 4.69) is 56.0 Å². The van der Waals surface area contributed by atoms with Gasteiger partial charge in [0.1, 0.15) is 19.0 Å². The van der Waals surface area contributed by atoms with Crippen LogP contribution in [0.5, 0.6) is 5.75 Å². The lowest BCUT2D eigenvalue weighted by Crippen LogP contribution is -2.06. The van der Waals surface area contributed by atoms with Crippen molar-refractivity contribution in [2.75, 3.05) is 13.2 Å². The summed E-state index contributed by atoms with van der Waals surface area (Å²) in [4.78, 5) is 12.1. The lowest BCUT2D eigenvalue weighted by Gasteiger charge is -2.14. The van der Waals surface area contributed by atoms with E-state index in [1.165, 1.54) is 24.8 Å². The molecular formula is C30H34O4. The smallest absolute Gasteiger partial charge is 0.333 e. The summed E-state index contributed by atoms with van der Waals surface area (Å²) in [6.45, 7) is 7.93. The largest absolute Gasteiger partial charge is 0.491 e. The van der Waals surface area contributed by atoms with Gasteiger partial charge in [0.25, 0.3) is 0 Å². The number of carbonyl (C=O) groups is 1. The second kappa shape index (κ2) is 12.8. The van der Waals surface area contributed by atoms with Crippen LogP contribution in [0.3, 0.4) is 0 Å². The van der Waals surface area contributed by atoms with Gasteiger partial charge >= 0.3 is 5.97 Å². The van der Waals surface area contributed by atoms with Gasteiger partial charge in [0.15, 0.2) is 0 Å². The maximum atomic E-state index is 12.1. The van der Waals surface area contributed by atoms with Crippen LogP contribution in [0.4, 0.5) is 0 Å². The third-order valence-corrected chi connectivity index (χ3v) is 5.69. The zero-order chi connectivity index (χ0) is 24.3. The van der Waals surface area contributed by atoms with Crippen LogP contribution in [-0.2, 0) is 22.6 Å². The number of esters is 1. The molecule has 0 unspecified atom stereocenters. The maximum Gasteiger partial charge on any atom is 0.333 e. The molecule has 178 valence electrons. The van der Waals surface area contributed by atoms with Gasteiger partial charge in [-0.15, -0.1) is 0 Å². The number of unbranched alkanes of at least 4 members (excludes halogenated alkanes) is 2. The van der Waals surface area contributed by atoms with Gasteiger partial charge in [-0.25, -0.2) is 4.79 Å². The minimum Gasteiger partial charge on any atom is -0.491 e. The summed E-state index contributed by atoms with van der Waals surface area (Å²) in [5.74, 6) is 0.296. The molecule has 0 aliphatic carbocycles. The topological polar surface area (TPSA) is 55.8 Å². The van der Waals surface area contributed by atoms with Crippen molar-refractivity contribution in [3.63, 3.8) is 0 Å². The van der Waals surface area contributed by atoms with Crippen LogP contribution in [0, 0.1) is 0 Å². The highest BCUT2D eigenvalue weighted by molar-refractivity contribution is 5.87. The van der Waals surface area contributed by atoms with Gasteiger partial charge < -0.3 is 14.6 Å². The van der Waals surface area contributed by atoms with E-state index in [0.717, 1.165) is 34.2 Å². The van der Waals surface area contributed by atoms with Crippen LogP contribution in [0.15, 0.2) is 78.9 Å². The van der Waals surface area contributed by atoms with Crippen molar-refractivity contribution in [2.45, 2.75) is 46.1 Å². The van der Waals surface area contributed by atoms with Gasteiger partial charge in [-0.1, -0.05) is 74.9 Å². The van der Waals surface area contributed by atoms with Crippen molar-refractivity contribution in [1.29, 1.82) is 0 Å². The Bertz CT molecular complexity index is 1080. The van der Waals surface area contributed by atoms with E-state index in [4.69, 9.17) is 14.6 Å². The van der Waals surface area contributed by atoms with Crippen LogP contribution in [0.25, 0.3) is 22.3 Å². The summed E-state index contributed by atoms with van der Waals surface area (Å²) in [5.41, 5.74) is 6.84. The van der Waals surface area contributed by atoms with Gasteiger partial charge in [0, 0.05) is 5.57 Å². The number of aryl methyl sites for hydroxylation is 1. The minimum atomic E-state index is -0.402. The quantitative estimate of drug-likeness (QED) is 0.185.